The van der Waals surface area contributed by atoms with Crippen molar-refractivity contribution < 1.29 is 14.4 Å². The molecule has 0 spiro atoms. The largest absolute Gasteiger partial charge is 0.352 e. The fraction of sp³-hybridized carbons (Fsp3) is 0.462. The molecule has 0 radical (unpaired) electrons. The van der Waals surface area contributed by atoms with Crippen molar-refractivity contribution in [2.75, 3.05) is 0 Å². The number of benzene rings is 1. The van der Waals surface area contributed by atoms with E-state index >= 15 is 0 Å². The molecular formula is C13H17NO. The Bertz CT molecular complexity index is 561. The lowest BCUT2D eigenvalue weighted by Crippen LogP contribution is -2.28. The maximum Gasteiger partial charge on any atom is 0.223 e. The van der Waals surface area contributed by atoms with E-state index in [4.69, 9.17) is 9.60 Å². The summed E-state index contributed by atoms with van der Waals surface area (Å²) < 4.78 is 54.1. The molecule has 2 atom stereocenters. The van der Waals surface area contributed by atoms with Crippen LogP contribution in [0.2, 0.25) is 0 Å². The molecule has 1 N–H and O–H groups in total. The molecule has 2 heteroatoms. The van der Waals surface area contributed by atoms with Crippen molar-refractivity contribution in [2.45, 2.75) is 32.1 Å². The minimum atomic E-state index is -2.92. The zero-order chi connectivity index (χ0) is 16.8. The first-order valence-electron chi connectivity index (χ1n) is 8.35. The normalized spacial score (nSPS) is 42.0. The van der Waals surface area contributed by atoms with Crippen LogP contribution >= 0.6 is 0 Å². The van der Waals surface area contributed by atoms with Crippen molar-refractivity contribution in [2.24, 2.45) is 5.92 Å². The molecule has 0 saturated heterocycles. The molecule has 0 bridgehead atoms. The van der Waals surface area contributed by atoms with Gasteiger partial charge in [0.2, 0.25) is 5.91 Å². The lowest BCUT2D eigenvalue weighted by molar-refractivity contribution is -0.124. The maximum absolute atomic E-state index is 12.2. The van der Waals surface area contributed by atoms with E-state index in [2.05, 4.69) is 5.32 Å². The van der Waals surface area contributed by atoms with Crippen LogP contribution in [-0.2, 0) is 11.3 Å². The molecule has 1 fully saturated rings. The Kier molecular flexibility index (Phi) is 1.55. The summed E-state index contributed by atoms with van der Waals surface area (Å²) in [6.07, 6.45) is -10.2. The molecule has 0 aliphatic heterocycles. The Hall–Kier alpha value is -1.31. The molecule has 1 aliphatic rings. The van der Waals surface area contributed by atoms with Gasteiger partial charge in [0, 0.05) is 22.1 Å². The molecular weight excluding hydrogens is 186 g/mol. The smallest absolute Gasteiger partial charge is 0.223 e. The number of rotatable bonds is 3. The fourth-order valence-corrected chi connectivity index (χ4v) is 1.32. The minimum absolute atomic E-state index is 0.116. The second kappa shape index (κ2) is 4.96. The van der Waals surface area contributed by atoms with Gasteiger partial charge in [0.1, 0.15) is 0 Å². The second-order valence-corrected chi connectivity index (χ2v) is 3.26. The monoisotopic (exact) mass is 210 g/mol. The topological polar surface area (TPSA) is 29.1 Å². The highest BCUT2D eigenvalue weighted by molar-refractivity contribution is 5.78. The van der Waals surface area contributed by atoms with Crippen LogP contribution in [0.15, 0.2) is 30.3 Å². The van der Waals surface area contributed by atoms with Crippen molar-refractivity contribution >= 4 is 5.91 Å². The SMILES string of the molecule is [2H]C1C(C(=O)NCc2ccccc2)C([2H])([2H])C([2H])([2H])C1([2H])[2H]. The molecule has 1 aromatic carbocycles. The average molecular weight is 210 g/mol. The standard InChI is InChI=1S/C13H17NO/c15-13(12-8-4-5-9-12)14-10-11-6-2-1-3-7-11/h1-3,6-7,12H,4-5,8-10H2,(H,14,15)/i4D2,5D2,8D,9D2. The molecule has 0 aromatic heterocycles. The summed E-state index contributed by atoms with van der Waals surface area (Å²) >= 11 is 0. The zero-order valence-electron chi connectivity index (χ0n) is 15.2. The highest BCUT2D eigenvalue weighted by atomic mass is 16.1. The quantitative estimate of drug-likeness (QED) is 0.816. The Morgan fingerprint density at radius 2 is 2.20 bits per heavy atom. The van der Waals surface area contributed by atoms with Gasteiger partial charge >= 0.3 is 0 Å². The number of hydrogen-bond acceptors (Lipinski definition) is 1. The Balaban J connectivity index is 2.19. The van der Waals surface area contributed by atoms with E-state index in [0.29, 0.717) is 0 Å². The molecule has 1 saturated carbocycles. The first-order valence-corrected chi connectivity index (χ1v) is 4.77. The summed E-state index contributed by atoms with van der Waals surface area (Å²) in [5.41, 5.74) is 0.780. The summed E-state index contributed by atoms with van der Waals surface area (Å²) in [6, 6.07) is 8.90. The number of carbonyl (C=O) groups excluding carboxylic acids is 1. The van der Waals surface area contributed by atoms with Crippen molar-refractivity contribution in [1.29, 1.82) is 0 Å². The van der Waals surface area contributed by atoms with Gasteiger partial charge in [-0.05, 0) is 18.3 Å². The lowest BCUT2D eigenvalue weighted by atomic mass is 10.1. The van der Waals surface area contributed by atoms with E-state index in [0.717, 1.165) is 5.56 Å². The van der Waals surface area contributed by atoms with E-state index in [-0.39, 0.29) is 6.54 Å². The van der Waals surface area contributed by atoms with Gasteiger partial charge < -0.3 is 5.32 Å². The van der Waals surface area contributed by atoms with E-state index in [1.807, 2.05) is 6.07 Å². The van der Waals surface area contributed by atoms with Crippen LogP contribution in [0.5, 0.6) is 0 Å². The Morgan fingerprint density at radius 1 is 1.40 bits per heavy atom. The highest BCUT2D eigenvalue weighted by Crippen LogP contribution is 2.24. The minimum Gasteiger partial charge on any atom is -0.352 e. The van der Waals surface area contributed by atoms with Gasteiger partial charge in [0.05, 0.1) is 0 Å². The van der Waals surface area contributed by atoms with Crippen LogP contribution in [-0.4, -0.2) is 5.91 Å². The van der Waals surface area contributed by atoms with Crippen molar-refractivity contribution in [3.05, 3.63) is 35.9 Å². The third-order valence-corrected chi connectivity index (χ3v) is 2.14. The summed E-state index contributed by atoms with van der Waals surface area (Å²) in [4.78, 5) is 12.2. The molecule has 80 valence electrons. The van der Waals surface area contributed by atoms with Gasteiger partial charge in [-0.25, -0.2) is 0 Å². The van der Waals surface area contributed by atoms with Gasteiger partial charge in [-0.2, -0.15) is 0 Å². The molecule has 2 rings (SSSR count). The molecule has 1 aromatic rings. The van der Waals surface area contributed by atoms with Crippen LogP contribution in [0.4, 0.5) is 0 Å². The van der Waals surface area contributed by atoms with Gasteiger partial charge in [-0.3, -0.25) is 4.79 Å². The third kappa shape index (κ3) is 2.82. The summed E-state index contributed by atoms with van der Waals surface area (Å²) in [6.45, 7) is 0.116. The van der Waals surface area contributed by atoms with Crippen LogP contribution < -0.4 is 5.32 Å². The van der Waals surface area contributed by atoms with E-state index in [1.54, 1.807) is 24.3 Å². The molecule has 1 aliphatic carbocycles. The summed E-state index contributed by atoms with van der Waals surface area (Å²) in [7, 11) is 0. The third-order valence-electron chi connectivity index (χ3n) is 2.14. The van der Waals surface area contributed by atoms with Gasteiger partial charge in [0.25, 0.3) is 0 Å². The first-order chi connectivity index (χ1) is 10.0. The molecule has 2 nitrogen and oxygen atoms in total. The van der Waals surface area contributed by atoms with Crippen LogP contribution in [0.25, 0.3) is 0 Å². The van der Waals surface area contributed by atoms with Crippen molar-refractivity contribution in [1.82, 2.24) is 5.32 Å². The Morgan fingerprint density at radius 3 is 2.87 bits per heavy atom. The summed E-state index contributed by atoms with van der Waals surface area (Å²) in [5, 5.41) is 2.47. The molecule has 2 unspecified atom stereocenters. The molecule has 15 heavy (non-hydrogen) atoms. The van der Waals surface area contributed by atoms with E-state index < -0.39 is 37.3 Å². The van der Waals surface area contributed by atoms with E-state index in [9.17, 15) is 4.79 Å². The maximum atomic E-state index is 12.2. The second-order valence-electron chi connectivity index (χ2n) is 3.26. The van der Waals surface area contributed by atoms with Crippen LogP contribution in [0, 0.1) is 5.92 Å². The molecule has 0 heterocycles. The number of nitrogens with one attached hydrogen (secondary N) is 1. The number of carbonyl (C=O) groups is 1. The Labute approximate surface area is 101 Å². The number of hydrogen-bond donors (Lipinski definition) is 1. The lowest BCUT2D eigenvalue weighted by Gasteiger charge is -2.09. The van der Waals surface area contributed by atoms with Crippen molar-refractivity contribution in [3.63, 3.8) is 0 Å². The summed E-state index contributed by atoms with van der Waals surface area (Å²) in [5.74, 6) is -2.56. The van der Waals surface area contributed by atoms with Crippen LogP contribution in [0.3, 0.4) is 0 Å². The average Bonchev–Trinajstić information content (AvgIpc) is 2.53. The predicted octanol–water partition coefficient (Wildman–Crippen LogP) is 2.49. The fourth-order valence-electron chi connectivity index (χ4n) is 1.32. The van der Waals surface area contributed by atoms with Crippen molar-refractivity contribution in [3.8, 4) is 0 Å². The first kappa shape index (κ1) is 4.69. The van der Waals surface area contributed by atoms with Gasteiger partial charge in [0.15, 0.2) is 0 Å². The predicted molar refractivity (Wildman–Crippen MR) is 60.2 cm³/mol. The highest BCUT2D eigenvalue weighted by Gasteiger charge is 2.21. The van der Waals surface area contributed by atoms with E-state index in [1.165, 1.54) is 0 Å². The zero-order valence-corrected chi connectivity index (χ0v) is 8.16. The van der Waals surface area contributed by atoms with Crippen LogP contribution in [0.1, 0.15) is 40.7 Å². The van der Waals surface area contributed by atoms with Gasteiger partial charge in [-0.1, -0.05) is 43.1 Å². The molecule has 1 amide bonds. The number of amides is 1. The van der Waals surface area contributed by atoms with Gasteiger partial charge in [-0.15, -0.1) is 0 Å².